The fourth-order valence-corrected chi connectivity index (χ4v) is 2.96. The first-order valence-corrected chi connectivity index (χ1v) is 7.74. The highest BCUT2D eigenvalue weighted by Crippen LogP contribution is 2.31. The highest BCUT2D eigenvalue weighted by Gasteiger charge is 2.35. The van der Waals surface area contributed by atoms with Crippen LogP contribution in [0.3, 0.4) is 0 Å². The fraction of sp³-hybridized carbons (Fsp3) is 0.600. The van der Waals surface area contributed by atoms with E-state index in [1.165, 1.54) is 0 Å². The molecule has 2 rings (SSSR count). The average Bonchev–Trinajstić information content (AvgIpc) is 2.49. The molecule has 1 saturated heterocycles. The Morgan fingerprint density at radius 3 is 2.90 bits per heavy atom. The van der Waals surface area contributed by atoms with Gasteiger partial charge in [0.15, 0.2) is 0 Å². The fourth-order valence-electron chi connectivity index (χ4n) is 2.76. The van der Waals surface area contributed by atoms with Crippen LogP contribution in [0.4, 0.5) is 5.82 Å². The van der Waals surface area contributed by atoms with Gasteiger partial charge in [-0.1, -0.05) is 25.4 Å². The van der Waals surface area contributed by atoms with Crippen LogP contribution in [0.5, 0.6) is 0 Å². The molecule has 1 aliphatic rings. The van der Waals surface area contributed by atoms with Gasteiger partial charge < -0.3 is 15.8 Å². The molecule has 0 aliphatic carbocycles. The van der Waals surface area contributed by atoms with E-state index in [-0.39, 0.29) is 29.1 Å². The molecular weight excluding hydrogens is 290 g/mol. The quantitative estimate of drug-likeness (QED) is 0.896. The van der Waals surface area contributed by atoms with Crippen molar-refractivity contribution in [3.05, 3.63) is 22.8 Å². The molecule has 21 heavy (non-hydrogen) atoms. The zero-order valence-electron chi connectivity index (χ0n) is 12.5. The van der Waals surface area contributed by atoms with Gasteiger partial charge in [0.1, 0.15) is 11.5 Å². The van der Waals surface area contributed by atoms with Crippen LogP contribution in [0.1, 0.15) is 50.0 Å². The number of anilines is 1. The summed E-state index contributed by atoms with van der Waals surface area (Å²) in [5.41, 5.74) is 5.66. The molecule has 0 saturated carbocycles. The number of rotatable bonds is 4. The molecule has 6 heteroatoms. The molecule has 5 nitrogen and oxygen atoms in total. The number of nitrogens with one attached hydrogen (secondary N) is 1. The third-order valence-corrected chi connectivity index (χ3v) is 4.50. The second-order valence-electron chi connectivity index (χ2n) is 5.47. The van der Waals surface area contributed by atoms with E-state index in [0.717, 1.165) is 25.7 Å². The number of carbonyl (C=O) groups excluding carboxylic acids is 1. The first kappa shape index (κ1) is 16.0. The van der Waals surface area contributed by atoms with Crippen molar-refractivity contribution in [2.75, 3.05) is 12.3 Å². The molecule has 0 radical (unpaired) electrons. The lowest BCUT2D eigenvalue weighted by atomic mass is 9.86. The Balaban J connectivity index is 2.07. The molecule has 1 aromatic heterocycles. The van der Waals surface area contributed by atoms with Gasteiger partial charge in [0.2, 0.25) is 0 Å². The summed E-state index contributed by atoms with van der Waals surface area (Å²) >= 11 is 6.02. The Labute approximate surface area is 130 Å². The number of hydrogen-bond acceptors (Lipinski definition) is 4. The summed E-state index contributed by atoms with van der Waals surface area (Å²) in [7, 11) is 0. The summed E-state index contributed by atoms with van der Waals surface area (Å²) in [6.45, 7) is 4.89. The number of nitrogen functional groups attached to an aromatic ring is 1. The number of nitrogens with zero attached hydrogens (tertiary/aromatic N) is 1. The predicted molar refractivity (Wildman–Crippen MR) is 83.4 cm³/mol. The van der Waals surface area contributed by atoms with E-state index < -0.39 is 0 Å². The molecule has 1 aromatic rings. The third kappa shape index (κ3) is 3.66. The monoisotopic (exact) mass is 311 g/mol. The second kappa shape index (κ2) is 6.62. The van der Waals surface area contributed by atoms with Crippen LogP contribution in [0, 0.1) is 0 Å². The molecule has 0 spiro atoms. The van der Waals surface area contributed by atoms with Gasteiger partial charge in [-0.3, -0.25) is 4.79 Å². The summed E-state index contributed by atoms with van der Waals surface area (Å²) in [5.74, 6) is 0.00768. The number of pyridine rings is 1. The lowest BCUT2D eigenvalue weighted by Gasteiger charge is -2.40. The number of ether oxygens (including phenoxy) is 1. The van der Waals surface area contributed by atoms with Crippen LogP contribution in [0.15, 0.2) is 12.1 Å². The highest BCUT2D eigenvalue weighted by molar-refractivity contribution is 6.33. The van der Waals surface area contributed by atoms with E-state index in [9.17, 15) is 4.79 Å². The van der Waals surface area contributed by atoms with Gasteiger partial charge in [0.25, 0.3) is 5.91 Å². The molecule has 0 bridgehead atoms. The molecule has 1 aliphatic heterocycles. The molecular formula is C15H22ClN3O2. The third-order valence-electron chi connectivity index (χ3n) is 4.20. The maximum absolute atomic E-state index is 12.3. The number of nitrogens with two attached hydrogens (primary N) is 1. The van der Waals surface area contributed by atoms with Crippen molar-refractivity contribution in [2.24, 2.45) is 0 Å². The maximum Gasteiger partial charge on any atom is 0.271 e. The van der Waals surface area contributed by atoms with Gasteiger partial charge in [-0.05, 0) is 37.8 Å². The largest absolute Gasteiger partial charge is 0.384 e. The smallest absolute Gasteiger partial charge is 0.271 e. The first-order valence-electron chi connectivity index (χ1n) is 7.36. The van der Waals surface area contributed by atoms with Crippen LogP contribution in [-0.4, -0.2) is 29.1 Å². The van der Waals surface area contributed by atoms with E-state index >= 15 is 0 Å². The molecule has 1 fully saturated rings. The molecule has 1 amide bonds. The van der Waals surface area contributed by atoms with E-state index in [2.05, 4.69) is 24.1 Å². The molecule has 2 heterocycles. The normalized spacial score (nSPS) is 21.0. The highest BCUT2D eigenvalue weighted by atomic mass is 35.5. The Morgan fingerprint density at radius 1 is 1.52 bits per heavy atom. The Kier molecular flexibility index (Phi) is 5.06. The Hall–Kier alpha value is -1.33. The van der Waals surface area contributed by atoms with Crippen molar-refractivity contribution in [3.8, 4) is 0 Å². The molecule has 0 aromatic carbocycles. The topological polar surface area (TPSA) is 77.2 Å². The van der Waals surface area contributed by atoms with Gasteiger partial charge in [-0.25, -0.2) is 4.98 Å². The summed E-state index contributed by atoms with van der Waals surface area (Å²) in [6, 6.07) is 3.24. The van der Waals surface area contributed by atoms with E-state index in [1.807, 2.05) is 0 Å². The summed E-state index contributed by atoms with van der Waals surface area (Å²) < 4.78 is 5.91. The number of hydrogen-bond donors (Lipinski definition) is 2. The Morgan fingerprint density at radius 2 is 2.24 bits per heavy atom. The zero-order valence-corrected chi connectivity index (χ0v) is 13.2. The van der Waals surface area contributed by atoms with Crippen molar-refractivity contribution in [2.45, 2.75) is 51.2 Å². The van der Waals surface area contributed by atoms with Gasteiger partial charge in [0.05, 0.1) is 10.6 Å². The van der Waals surface area contributed by atoms with E-state index in [1.54, 1.807) is 12.1 Å². The Bertz CT molecular complexity index is 518. The standard InChI is InChI=1S/C15H22ClN3O2/c1-3-15(4-2)9-10(7-8-21-15)18-14(20)13-11(16)5-6-12(17)19-13/h5-6,10H,3-4,7-9H2,1-2H3,(H2,17,19)(H,18,20). The minimum Gasteiger partial charge on any atom is -0.384 e. The minimum atomic E-state index is -0.277. The van der Waals surface area contributed by atoms with Gasteiger partial charge in [-0.2, -0.15) is 0 Å². The van der Waals surface area contributed by atoms with Gasteiger partial charge in [0, 0.05) is 12.6 Å². The summed E-state index contributed by atoms with van der Waals surface area (Å²) in [5, 5.41) is 3.32. The SMILES string of the molecule is CCC1(CC)CC(NC(=O)c2nc(N)ccc2Cl)CCO1. The number of halogens is 1. The van der Waals surface area contributed by atoms with E-state index in [0.29, 0.717) is 11.6 Å². The van der Waals surface area contributed by atoms with Crippen molar-refractivity contribution < 1.29 is 9.53 Å². The first-order chi connectivity index (χ1) is 9.99. The molecule has 116 valence electrons. The molecule has 3 N–H and O–H groups in total. The average molecular weight is 312 g/mol. The summed E-state index contributed by atoms with van der Waals surface area (Å²) in [6.07, 6.45) is 3.49. The van der Waals surface area contributed by atoms with Crippen LogP contribution in [0.25, 0.3) is 0 Å². The lowest BCUT2D eigenvalue weighted by Crippen LogP contribution is -2.48. The number of aromatic nitrogens is 1. The second-order valence-corrected chi connectivity index (χ2v) is 5.88. The van der Waals surface area contributed by atoms with Crippen molar-refractivity contribution >= 4 is 23.3 Å². The van der Waals surface area contributed by atoms with Crippen molar-refractivity contribution in [3.63, 3.8) is 0 Å². The van der Waals surface area contributed by atoms with Crippen LogP contribution in [-0.2, 0) is 4.74 Å². The molecule has 1 atom stereocenters. The van der Waals surface area contributed by atoms with Crippen LogP contribution >= 0.6 is 11.6 Å². The molecule has 1 unspecified atom stereocenters. The van der Waals surface area contributed by atoms with Crippen molar-refractivity contribution in [1.82, 2.24) is 10.3 Å². The minimum absolute atomic E-state index is 0.0745. The van der Waals surface area contributed by atoms with Gasteiger partial charge in [-0.15, -0.1) is 0 Å². The number of carbonyl (C=O) groups is 1. The maximum atomic E-state index is 12.3. The van der Waals surface area contributed by atoms with E-state index in [4.69, 9.17) is 22.1 Å². The lowest BCUT2D eigenvalue weighted by molar-refractivity contribution is -0.0917. The van der Waals surface area contributed by atoms with Gasteiger partial charge >= 0.3 is 0 Å². The van der Waals surface area contributed by atoms with Crippen LogP contribution in [0.2, 0.25) is 5.02 Å². The van der Waals surface area contributed by atoms with Crippen molar-refractivity contribution in [1.29, 1.82) is 0 Å². The summed E-state index contributed by atoms with van der Waals surface area (Å²) in [4.78, 5) is 16.3. The predicted octanol–water partition coefficient (Wildman–Crippen LogP) is 2.78. The number of amides is 1. The zero-order chi connectivity index (χ0) is 15.5. The van der Waals surface area contributed by atoms with Crippen LogP contribution < -0.4 is 11.1 Å².